The molecule has 2 aromatic heterocycles. The molecule has 2 aromatic carbocycles. The summed E-state index contributed by atoms with van der Waals surface area (Å²) < 4.78 is 41.6. The summed E-state index contributed by atoms with van der Waals surface area (Å²) in [5.74, 6) is 1.52. The van der Waals surface area contributed by atoms with Crippen molar-refractivity contribution in [3.05, 3.63) is 72.1 Å². The molecule has 166 valence electrons. The minimum Gasteiger partial charge on any atom is -0.493 e. The second kappa shape index (κ2) is 9.62. The van der Waals surface area contributed by atoms with Gasteiger partial charge in [0.25, 0.3) is 0 Å². The number of hydrogen-bond acceptors (Lipinski definition) is 6. The first-order chi connectivity index (χ1) is 15.4. The number of imidazole rings is 1. The number of thioether (sulfide) groups is 1. The van der Waals surface area contributed by atoms with E-state index in [4.69, 9.17) is 21.1 Å². The van der Waals surface area contributed by atoms with Gasteiger partial charge in [0.15, 0.2) is 16.7 Å². The second-order valence-electron chi connectivity index (χ2n) is 6.62. The predicted molar refractivity (Wildman–Crippen MR) is 119 cm³/mol. The van der Waals surface area contributed by atoms with E-state index in [1.54, 1.807) is 25.4 Å². The number of nitrogens with zero attached hydrogens (tertiary/aromatic N) is 2. The van der Waals surface area contributed by atoms with E-state index < -0.39 is 5.57 Å². The molecule has 4 aromatic rings. The van der Waals surface area contributed by atoms with E-state index in [0.717, 1.165) is 5.56 Å². The molecule has 0 saturated carbocycles. The van der Waals surface area contributed by atoms with Crippen molar-refractivity contribution < 1.29 is 23.0 Å². The first kappa shape index (κ1) is 22.2. The van der Waals surface area contributed by atoms with Gasteiger partial charge in [0.05, 0.1) is 23.8 Å². The topological polar surface area (TPSA) is 69.3 Å². The number of H-pyrrole nitrogens is 1. The normalized spacial score (nSPS) is 11.5. The summed E-state index contributed by atoms with van der Waals surface area (Å²) in [5.41, 5.74) is -0.909. The van der Waals surface area contributed by atoms with Crippen LogP contribution < -0.4 is 14.2 Å². The van der Waals surface area contributed by atoms with Gasteiger partial charge >= 0.3 is 5.57 Å². The highest BCUT2D eigenvalue weighted by molar-refractivity contribution is 7.98. The summed E-state index contributed by atoms with van der Waals surface area (Å²) in [5, 5.41) is 0.591. The lowest BCUT2D eigenvalue weighted by Crippen LogP contribution is -2.15. The van der Waals surface area contributed by atoms with E-state index in [1.165, 1.54) is 23.9 Å². The van der Waals surface area contributed by atoms with Crippen LogP contribution in [0.4, 0.5) is 8.78 Å². The van der Waals surface area contributed by atoms with E-state index in [9.17, 15) is 8.78 Å². The fourth-order valence-corrected chi connectivity index (χ4v) is 3.90. The van der Waals surface area contributed by atoms with E-state index >= 15 is 0 Å². The molecule has 0 fully saturated rings. The van der Waals surface area contributed by atoms with E-state index in [1.807, 2.05) is 30.3 Å². The van der Waals surface area contributed by atoms with Crippen LogP contribution in [-0.2, 0) is 12.4 Å². The summed E-state index contributed by atoms with van der Waals surface area (Å²) in [6.45, 7) is 0.374. The first-order valence-corrected chi connectivity index (χ1v) is 10.8. The number of methoxy groups -OCH3 is 1. The van der Waals surface area contributed by atoms with Crippen LogP contribution in [0.1, 0.15) is 11.3 Å². The number of hydrogen-bond donors (Lipinski definition) is 1. The van der Waals surface area contributed by atoms with Crippen LogP contribution in [-0.4, -0.2) is 27.6 Å². The van der Waals surface area contributed by atoms with Crippen molar-refractivity contribution in [1.82, 2.24) is 15.0 Å². The van der Waals surface area contributed by atoms with Gasteiger partial charge in [-0.15, -0.1) is 8.78 Å². The summed E-state index contributed by atoms with van der Waals surface area (Å²) in [7, 11) is 1.57. The molecule has 0 saturated heterocycles. The van der Waals surface area contributed by atoms with Gasteiger partial charge < -0.3 is 19.2 Å². The van der Waals surface area contributed by atoms with Crippen LogP contribution >= 0.6 is 23.4 Å². The Morgan fingerprint density at radius 2 is 1.94 bits per heavy atom. The third-order valence-electron chi connectivity index (χ3n) is 4.40. The Balaban J connectivity index is 1.50. The van der Waals surface area contributed by atoms with Crippen LogP contribution in [0.2, 0.25) is 0 Å². The van der Waals surface area contributed by atoms with E-state index in [2.05, 4.69) is 19.7 Å². The molecule has 6 nitrogen and oxygen atoms in total. The lowest BCUT2D eigenvalue weighted by molar-refractivity contribution is -0.0964. The molecule has 0 bridgehead atoms. The minimum atomic E-state index is -3.78. The van der Waals surface area contributed by atoms with E-state index in [0.29, 0.717) is 45.7 Å². The van der Waals surface area contributed by atoms with Gasteiger partial charge in [0, 0.05) is 35.7 Å². The summed E-state index contributed by atoms with van der Waals surface area (Å²) in [6.07, 6.45) is 1.65. The Morgan fingerprint density at radius 1 is 1.12 bits per heavy atom. The lowest BCUT2D eigenvalue weighted by Gasteiger charge is -2.14. The van der Waals surface area contributed by atoms with Crippen LogP contribution in [0.5, 0.6) is 17.2 Å². The van der Waals surface area contributed by atoms with Gasteiger partial charge in [-0.2, -0.15) is 0 Å². The molecule has 0 aliphatic heterocycles. The molecular weight excluding hydrogens is 460 g/mol. The zero-order valence-electron chi connectivity index (χ0n) is 16.8. The summed E-state index contributed by atoms with van der Waals surface area (Å²) in [4.78, 5) is 12.0. The van der Waals surface area contributed by atoms with E-state index in [-0.39, 0.29) is 5.75 Å². The highest BCUT2D eigenvalue weighted by atomic mass is 35.5. The number of aromatic amines is 1. The SMILES string of the molecule is COc1ccnc(CSc2nc3ccc(OC(F)(F)Cl)cc3[nH]2)c1OCc1ccccc1. The van der Waals surface area contributed by atoms with Crippen LogP contribution in [0.15, 0.2) is 66.0 Å². The molecule has 0 spiro atoms. The first-order valence-electron chi connectivity index (χ1n) is 9.48. The number of ether oxygens (including phenoxy) is 3. The van der Waals surface area contributed by atoms with Crippen molar-refractivity contribution in [1.29, 1.82) is 0 Å². The third-order valence-corrected chi connectivity index (χ3v) is 5.36. The second-order valence-corrected chi connectivity index (χ2v) is 8.02. The minimum absolute atomic E-state index is 0.0660. The molecule has 0 atom stereocenters. The maximum atomic E-state index is 12.9. The van der Waals surface area contributed by atoms with Gasteiger partial charge in [-0.25, -0.2) is 4.98 Å². The van der Waals surface area contributed by atoms with Gasteiger partial charge in [0.1, 0.15) is 12.4 Å². The molecule has 0 aliphatic carbocycles. The van der Waals surface area contributed by atoms with Crippen molar-refractivity contribution >= 4 is 34.4 Å². The highest BCUT2D eigenvalue weighted by Crippen LogP contribution is 2.34. The Kier molecular flexibility index (Phi) is 6.66. The predicted octanol–water partition coefficient (Wildman–Crippen LogP) is 6.01. The van der Waals surface area contributed by atoms with Gasteiger partial charge in [-0.1, -0.05) is 42.1 Å². The molecule has 0 unspecified atom stereocenters. The monoisotopic (exact) mass is 477 g/mol. The summed E-state index contributed by atoms with van der Waals surface area (Å²) in [6, 6.07) is 15.9. The van der Waals surface area contributed by atoms with Crippen molar-refractivity contribution in [3.8, 4) is 17.2 Å². The Labute approximate surface area is 191 Å². The fourth-order valence-electron chi connectivity index (χ4n) is 2.99. The standard InChI is InChI=1S/C22H18ClF2N3O3S/c1-29-19-9-10-26-18(20(19)30-12-14-5-3-2-4-6-14)13-32-21-27-16-8-7-15(11-17(16)28-21)31-22(23,24)25/h2-11H,12-13H2,1H3,(H,27,28). The van der Waals surface area contributed by atoms with Crippen molar-refractivity contribution in [2.24, 2.45) is 0 Å². The number of nitrogens with one attached hydrogen (secondary N) is 1. The molecule has 0 radical (unpaired) electrons. The summed E-state index contributed by atoms with van der Waals surface area (Å²) >= 11 is 6.22. The number of fused-ring (bicyclic) bond motifs is 1. The Hall–Kier alpha value is -3.04. The molecule has 0 aliphatic rings. The number of alkyl halides is 3. The average Bonchev–Trinajstić information content (AvgIpc) is 3.18. The van der Waals surface area contributed by atoms with Crippen LogP contribution in [0, 0.1) is 0 Å². The number of rotatable bonds is 9. The van der Waals surface area contributed by atoms with Gasteiger partial charge in [-0.3, -0.25) is 4.98 Å². The molecule has 10 heteroatoms. The van der Waals surface area contributed by atoms with Crippen molar-refractivity contribution in [2.45, 2.75) is 23.1 Å². The Morgan fingerprint density at radius 3 is 2.69 bits per heavy atom. The molecule has 2 heterocycles. The average molecular weight is 478 g/mol. The maximum Gasteiger partial charge on any atom is 0.487 e. The van der Waals surface area contributed by atoms with Crippen molar-refractivity contribution in [3.63, 3.8) is 0 Å². The molecule has 1 N–H and O–H groups in total. The lowest BCUT2D eigenvalue weighted by atomic mass is 10.2. The molecule has 32 heavy (non-hydrogen) atoms. The molecule has 4 rings (SSSR count). The quantitative estimate of drug-likeness (QED) is 0.235. The number of benzene rings is 2. The molecular formula is C22H18ClF2N3O3S. The fraction of sp³-hybridized carbons (Fsp3) is 0.182. The van der Waals surface area contributed by atoms with Crippen molar-refractivity contribution in [2.75, 3.05) is 7.11 Å². The van der Waals surface area contributed by atoms with Crippen LogP contribution in [0.25, 0.3) is 11.0 Å². The van der Waals surface area contributed by atoms with Crippen LogP contribution in [0.3, 0.4) is 0 Å². The molecule has 0 amide bonds. The van der Waals surface area contributed by atoms with Gasteiger partial charge in [-0.05, 0) is 17.7 Å². The third kappa shape index (κ3) is 5.60. The number of halogens is 3. The van der Waals surface area contributed by atoms with Gasteiger partial charge in [0.2, 0.25) is 0 Å². The zero-order chi connectivity index (χ0) is 22.6. The highest BCUT2D eigenvalue weighted by Gasteiger charge is 2.27. The largest absolute Gasteiger partial charge is 0.493 e. The number of pyridine rings is 1. The smallest absolute Gasteiger partial charge is 0.487 e. The zero-order valence-corrected chi connectivity index (χ0v) is 18.4. The maximum absolute atomic E-state index is 12.9. The Bertz CT molecular complexity index is 1200. The number of aromatic nitrogens is 3.